The number of hydrogen-bond donors (Lipinski definition) is 0. The highest BCUT2D eigenvalue weighted by Crippen LogP contribution is 2.23. The van der Waals surface area contributed by atoms with Crippen molar-refractivity contribution in [1.82, 2.24) is 14.5 Å². The Hall–Kier alpha value is -3.88. The van der Waals surface area contributed by atoms with E-state index in [1.54, 1.807) is 14.4 Å². The van der Waals surface area contributed by atoms with Crippen LogP contribution in [0.3, 0.4) is 0 Å². The van der Waals surface area contributed by atoms with Gasteiger partial charge in [-0.05, 0) is 36.8 Å². The highest BCUT2D eigenvalue weighted by molar-refractivity contribution is 6.08. The van der Waals surface area contributed by atoms with Crippen molar-refractivity contribution in [3.05, 3.63) is 75.6 Å². The number of allylic oxidation sites excluding steroid dienone is 1. The van der Waals surface area contributed by atoms with E-state index in [-0.39, 0.29) is 28.3 Å². The van der Waals surface area contributed by atoms with E-state index in [4.69, 9.17) is 0 Å². The Kier molecular flexibility index (Phi) is 6.54. The highest BCUT2D eigenvalue weighted by Gasteiger charge is 2.24. The summed E-state index contributed by atoms with van der Waals surface area (Å²) < 4.78 is 29.8. The SMILES string of the molecule is CCn1cc(C(=O)C=Cc2ccc(F)cc2)c(=O)c2cc(F)c(N3CCN(C(C)=O)CC3)nc21. The average molecular weight is 466 g/mol. The molecule has 0 atom stereocenters. The predicted octanol–water partition coefficient (Wildman–Crippen LogP) is 3.26. The molecule has 1 amide bonds. The van der Waals surface area contributed by atoms with Gasteiger partial charge in [-0.2, -0.15) is 0 Å². The van der Waals surface area contributed by atoms with Crippen molar-refractivity contribution < 1.29 is 18.4 Å². The van der Waals surface area contributed by atoms with Crippen molar-refractivity contribution in [3.63, 3.8) is 0 Å². The molecule has 0 N–H and O–H groups in total. The van der Waals surface area contributed by atoms with Gasteiger partial charge in [0.25, 0.3) is 0 Å². The van der Waals surface area contributed by atoms with Crippen LogP contribution in [0.1, 0.15) is 29.8 Å². The van der Waals surface area contributed by atoms with Crippen LogP contribution in [-0.4, -0.2) is 52.3 Å². The molecular weight excluding hydrogens is 442 g/mol. The number of carbonyl (C=O) groups excluding carboxylic acids is 2. The molecule has 2 aromatic heterocycles. The van der Waals surface area contributed by atoms with E-state index in [1.165, 1.54) is 49.5 Å². The third-order valence-electron chi connectivity index (χ3n) is 5.91. The lowest BCUT2D eigenvalue weighted by Crippen LogP contribution is -2.48. The largest absolute Gasteiger partial charge is 0.351 e. The van der Waals surface area contributed by atoms with Crippen LogP contribution < -0.4 is 10.3 Å². The molecule has 0 unspecified atom stereocenters. The fourth-order valence-corrected chi connectivity index (χ4v) is 3.98. The summed E-state index contributed by atoms with van der Waals surface area (Å²) in [6.45, 7) is 5.52. The fourth-order valence-electron chi connectivity index (χ4n) is 3.98. The minimum atomic E-state index is -0.657. The molecule has 3 aromatic rings. The van der Waals surface area contributed by atoms with Crippen LogP contribution >= 0.6 is 0 Å². The lowest BCUT2D eigenvalue weighted by atomic mass is 10.1. The maximum atomic E-state index is 15.0. The van der Waals surface area contributed by atoms with Crippen LogP contribution in [-0.2, 0) is 11.3 Å². The van der Waals surface area contributed by atoms with Gasteiger partial charge >= 0.3 is 0 Å². The summed E-state index contributed by atoms with van der Waals surface area (Å²) >= 11 is 0. The van der Waals surface area contributed by atoms with Crippen molar-refractivity contribution >= 4 is 34.6 Å². The summed E-state index contributed by atoms with van der Waals surface area (Å²) in [5, 5.41) is 0.0199. The van der Waals surface area contributed by atoms with E-state index >= 15 is 4.39 Å². The van der Waals surface area contributed by atoms with E-state index in [0.717, 1.165) is 6.07 Å². The third kappa shape index (κ3) is 4.59. The van der Waals surface area contributed by atoms with Crippen LogP contribution in [0, 0.1) is 11.6 Å². The number of aryl methyl sites for hydroxylation is 1. The third-order valence-corrected chi connectivity index (χ3v) is 5.91. The molecule has 1 aliphatic heterocycles. The minimum Gasteiger partial charge on any atom is -0.351 e. The first kappa shape index (κ1) is 23.3. The zero-order valence-electron chi connectivity index (χ0n) is 18.9. The summed E-state index contributed by atoms with van der Waals surface area (Å²) in [5.74, 6) is -1.50. The van der Waals surface area contributed by atoms with Crippen LogP contribution in [0.4, 0.5) is 14.6 Å². The van der Waals surface area contributed by atoms with Crippen molar-refractivity contribution in [2.24, 2.45) is 0 Å². The molecule has 0 bridgehead atoms. The maximum absolute atomic E-state index is 15.0. The van der Waals surface area contributed by atoms with Crippen molar-refractivity contribution in [1.29, 1.82) is 0 Å². The fraction of sp³-hybridized carbons (Fsp3) is 0.280. The molecule has 9 heteroatoms. The van der Waals surface area contributed by atoms with Crippen LogP contribution in [0.5, 0.6) is 0 Å². The second kappa shape index (κ2) is 9.54. The van der Waals surface area contributed by atoms with Gasteiger partial charge in [0, 0.05) is 45.8 Å². The van der Waals surface area contributed by atoms with Crippen molar-refractivity contribution in [2.75, 3.05) is 31.1 Å². The first-order valence-corrected chi connectivity index (χ1v) is 11.0. The number of ketones is 1. The number of halogens is 2. The van der Waals surface area contributed by atoms with Gasteiger partial charge in [0.05, 0.1) is 10.9 Å². The Bertz CT molecular complexity index is 1340. The molecule has 1 aliphatic rings. The number of amides is 1. The summed E-state index contributed by atoms with van der Waals surface area (Å²) in [6.07, 6.45) is 4.16. The molecule has 4 rings (SSSR count). The number of nitrogens with zero attached hydrogens (tertiary/aromatic N) is 4. The molecule has 0 spiro atoms. The van der Waals surface area contributed by atoms with Gasteiger partial charge in [-0.1, -0.05) is 18.2 Å². The lowest BCUT2D eigenvalue weighted by molar-refractivity contribution is -0.129. The molecule has 3 heterocycles. The number of hydrogen-bond acceptors (Lipinski definition) is 5. The second-order valence-corrected chi connectivity index (χ2v) is 8.07. The Labute approximate surface area is 194 Å². The van der Waals surface area contributed by atoms with E-state index in [1.807, 2.05) is 6.92 Å². The average Bonchev–Trinajstić information content (AvgIpc) is 2.84. The molecule has 0 radical (unpaired) electrons. The maximum Gasteiger partial charge on any atom is 0.219 e. The van der Waals surface area contributed by atoms with E-state index < -0.39 is 22.8 Å². The van der Waals surface area contributed by atoms with Crippen LogP contribution in [0.15, 0.2) is 47.4 Å². The summed E-state index contributed by atoms with van der Waals surface area (Å²) in [4.78, 5) is 45.3. The van der Waals surface area contributed by atoms with Gasteiger partial charge in [0.15, 0.2) is 17.4 Å². The van der Waals surface area contributed by atoms with Gasteiger partial charge in [-0.3, -0.25) is 14.4 Å². The van der Waals surface area contributed by atoms with Gasteiger partial charge in [-0.15, -0.1) is 0 Å². The Morgan fingerprint density at radius 1 is 1.09 bits per heavy atom. The number of fused-ring (bicyclic) bond motifs is 1. The van der Waals surface area contributed by atoms with Gasteiger partial charge in [-0.25, -0.2) is 13.8 Å². The quantitative estimate of drug-likeness (QED) is 0.426. The first-order valence-electron chi connectivity index (χ1n) is 11.0. The van der Waals surface area contributed by atoms with E-state index in [0.29, 0.717) is 38.3 Å². The number of anilines is 1. The lowest BCUT2D eigenvalue weighted by Gasteiger charge is -2.35. The summed E-state index contributed by atoms with van der Waals surface area (Å²) in [5.41, 5.74) is 0.190. The smallest absolute Gasteiger partial charge is 0.219 e. The van der Waals surface area contributed by atoms with Crippen LogP contribution in [0.2, 0.25) is 0 Å². The number of rotatable bonds is 5. The summed E-state index contributed by atoms with van der Waals surface area (Å²) in [6, 6.07) is 6.71. The molecule has 34 heavy (non-hydrogen) atoms. The second-order valence-electron chi connectivity index (χ2n) is 8.07. The molecule has 176 valence electrons. The van der Waals surface area contributed by atoms with E-state index in [9.17, 15) is 18.8 Å². The molecule has 0 saturated carbocycles. The standard InChI is InChI=1S/C25H24F2N4O3/c1-3-29-15-20(22(33)9-6-17-4-7-18(26)8-5-17)23(34)19-14-21(27)25(28-24(19)29)31-12-10-30(11-13-31)16(2)32/h4-9,14-15H,3,10-13H2,1-2H3. The van der Waals surface area contributed by atoms with Gasteiger partial charge in [0.1, 0.15) is 11.5 Å². The van der Waals surface area contributed by atoms with Crippen molar-refractivity contribution in [2.45, 2.75) is 20.4 Å². The number of benzene rings is 1. The van der Waals surface area contributed by atoms with E-state index in [2.05, 4.69) is 4.98 Å². The number of piperazine rings is 1. The Morgan fingerprint density at radius 3 is 2.38 bits per heavy atom. The van der Waals surface area contributed by atoms with Crippen molar-refractivity contribution in [3.8, 4) is 0 Å². The zero-order valence-corrected chi connectivity index (χ0v) is 18.9. The molecule has 7 nitrogen and oxygen atoms in total. The number of aromatic nitrogens is 2. The molecule has 1 saturated heterocycles. The number of pyridine rings is 2. The van der Waals surface area contributed by atoms with Gasteiger partial charge < -0.3 is 14.4 Å². The molecule has 1 aromatic carbocycles. The highest BCUT2D eigenvalue weighted by atomic mass is 19.1. The van der Waals surface area contributed by atoms with Gasteiger partial charge in [0.2, 0.25) is 11.3 Å². The summed E-state index contributed by atoms with van der Waals surface area (Å²) in [7, 11) is 0. The predicted molar refractivity (Wildman–Crippen MR) is 126 cm³/mol. The Balaban J connectivity index is 1.69. The first-order chi connectivity index (χ1) is 16.3. The topological polar surface area (TPSA) is 75.5 Å². The zero-order chi connectivity index (χ0) is 24.4. The normalized spacial score (nSPS) is 14.2. The molecule has 0 aliphatic carbocycles. The number of carbonyl (C=O) groups is 2. The minimum absolute atomic E-state index is 0.0199. The molecular formula is C25H24F2N4O3. The molecule has 1 fully saturated rings. The van der Waals surface area contributed by atoms with Crippen LogP contribution in [0.25, 0.3) is 17.1 Å². The monoisotopic (exact) mass is 466 g/mol. The Morgan fingerprint density at radius 2 is 1.76 bits per heavy atom.